The monoisotopic (exact) mass is 389 g/mol. The van der Waals surface area contributed by atoms with Crippen LogP contribution in [0.5, 0.6) is 5.75 Å². The standard InChI is InChI=1S/C18H17Cl2N5O/c1-26-15-8-3-2-5-12(15)9-10-21-16-11-22-25-18(23-16)24-17-13(19)6-4-7-14(17)20/h2-8,11H,9-10H2,1H3,(H2,21,23,24,25). The third kappa shape index (κ3) is 4.53. The summed E-state index contributed by atoms with van der Waals surface area (Å²) in [6.45, 7) is 0.672. The molecule has 0 unspecified atom stereocenters. The molecule has 0 amide bonds. The molecule has 0 aliphatic rings. The lowest BCUT2D eigenvalue weighted by Gasteiger charge is -2.11. The number of ether oxygens (including phenoxy) is 1. The Labute approximate surface area is 161 Å². The zero-order valence-corrected chi connectivity index (χ0v) is 15.6. The van der Waals surface area contributed by atoms with E-state index in [-0.39, 0.29) is 0 Å². The number of methoxy groups -OCH3 is 1. The highest BCUT2D eigenvalue weighted by Gasteiger charge is 2.08. The van der Waals surface area contributed by atoms with Gasteiger partial charge in [0.2, 0.25) is 5.95 Å². The lowest BCUT2D eigenvalue weighted by atomic mass is 10.1. The molecule has 0 aliphatic carbocycles. The van der Waals surface area contributed by atoms with Gasteiger partial charge >= 0.3 is 0 Å². The lowest BCUT2D eigenvalue weighted by molar-refractivity contribution is 0.410. The molecule has 0 saturated heterocycles. The van der Waals surface area contributed by atoms with Gasteiger partial charge in [-0.15, -0.1) is 5.10 Å². The first-order valence-corrected chi connectivity index (χ1v) is 8.69. The number of nitrogens with zero attached hydrogens (tertiary/aromatic N) is 3. The van der Waals surface area contributed by atoms with E-state index in [1.54, 1.807) is 31.5 Å². The predicted molar refractivity (Wildman–Crippen MR) is 105 cm³/mol. The summed E-state index contributed by atoms with van der Waals surface area (Å²) in [4.78, 5) is 4.38. The highest BCUT2D eigenvalue weighted by atomic mass is 35.5. The molecule has 0 atom stereocenters. The van der Waals surface area contributed by atoms with Gasteiger partial charge in [0.05, 0.1) is 29.0 Å². The summed E-state index contributed by atoms with van der Waals surface area (Å²) >= 11 is 12.3. The van der Waals surface area contributed by atoms with Gasteiger partial charge in [0.1, 0.15) is 5.75 Å². The van der Waals surface area contributed by atoms with Crippen LogP contribution in [0.2, 0.25) is 10.0 Å². The first-order valence-electron chi connectivity index (χ1n) is 7.94. The van der Waals surface area contributed by atoms with E-state index in [2.05, 4.69) is 25.8 Å². The maximum atomic E-state index is 6.15. The van der Waals surface area contributed by atoms with E-state index in [1.165, 1.54) is 0 Å². The van der Waals surface area contributed by atoms with Crippen LogP contribution >= 0.6 is 23.2 Å². The van der Waals surface area contributed by atoms with Crippen LogP contribution in [0.1, 0.15) is 5.56 Å². The second-order valence-corrected chi connectivity index (χ2v) is 6.19. The van der Waals surface area contributed by atoms with Gasteiger partial charge < -0.3 is 15.4 Å². The number of hydrogen-bond acceptors (Lipinski definition) is 6. The molecule has 6 nitrogen and oxygen atoms in total. The Morgan fingerprint density at radius 3 is 2.58 bits per heavy atom. The molecule has 3 aromatic rings. The molecule has 8 heteroatoms. The van der Waals surface area contributed by atoms with Gasteiger partial charge in [-0.3, -0.25) is 0 Å². The molecule has 3 rings (SSSR count). The minimum Gasteiger partial charge on any atom is -0.496 e. The fraction of sp³-hybridized carbons (Fsp3) is 0.167. The highest BCUT2D eigenvalue weighted by Crippen LogP contribution is 2.31. The summed E-state index contributed by atoms with van der Waals surface area (Å²) < 4.78 is 5.36. The first-order chi connectivity index (χ1) is 12.7. The summed E-state index contributed by atoms with van der Waals surface area (Å²) in [5.41, 5.74) is 1.66. The number of benzene rings is 2. The molecular formula is C18H17Cl2N5O. The molecular weight excluding hydrogens is 373 g/mol. The van der Waals surface area contributed by atoms with Gasteiger partial charge in [0, 0.05) is 6.54 Å². The summed E-state index contributed by atoms with van der Waals surface area (Å²) in [6, 6.07) is 13.1. The fourth-order valence-electron chi connectivity index (χ4n) is 2.41. The number of anilines is 3. The maximum absolute atomic E-state index is 6.15. The first kappa shape index (κ1) is 18.2. The minimum atomic E-state index is 0.308. The van der Waals surface area contributed by atoms with Crippen molar-refractivity contribution in [2.45, 2.75) is 6.42 Å². The zero-order valence-electron chi connectivity index (χ0n) is 14.0. The van der Waals surface area contributed by atoms with Crippen molar-refractivity contribution in [3.8, 4) is 5.75 Å². The van der Waals surface area contributed by atoms with Crippen LogP contribution in [0.3, 0.4) is 0 Å². The van der Waals surface area contributed by atoms with Crippen LogP contribution in [0.4, 0.5) is 17.5 Å². The molecule has 2 aromatic carbocycles. The normalized spacial score (nSPS) is 10.4. The molecule has 26 heavy (non-hydrogen) atoms. The Morgan fingerprint density at radius 2 is 1.81 bits per heavy atom. The van der Waals surface area contributed by atoms with Crippen molar-refractivity contribution in [1.82, 2.24) is 15.2 Å². The van der Waals surface area contributed by atoms with E-state index in [0.29, 0.717) is 34.0 Å². The van der Waals surface area contributed by atoms with E-state index in [9.17, 15) is 0 Å². The van der Waals surface area contributed by atoms with E-state index < -0.39 is 0 Å². The number of para-hydroxylation sites is 2. The van der Waals surface area contributed by atoms with E-state index in [0.717, 1.165) is 17.7 Å². The average Bonchev–Trinajstić information content (AvgIpc) is 2.66. The van der Waals surface area contributed by atoms with Gasteiger partial charge in [0.25, 0.3) is 0 Å². The van der Waals surface area contributed by atoms with Crippen molar-refractivity contribution in [3.05, 3.63) is 64.3 Å². The number of halogens is 2. The molecule has 0 bridgehead atoms. The van der Waals surface area contributed by atoms with Crippen molar-refractivity contribution < 1.29 is 4.74 Å². The highest BCUT2D eigenvalue weighted by molar-refractivity contribution is 6.39. The molecule has 0 fully saturated rings. The number of rotatable bonds is 7. The van der Waals surface area contributed by atoms with E-state index in [1.807, 2.05) is 24.3 Å². The van der Waals surface area contributed by atoms with Crippen molar-refractivity contribution in [3.63, 3.8) is 0 Å². The third-order valence-corrected chi connectivity index (χ3v) is 4.28. The minimum absolute atomic E-state index is 0.308. The topological polar surface area (TPSA) is 72.0 Å². The molecule has 2 N–H and O–H groups in total. The second kappa shape index (κ2) is 8.69. The van der Waals surface area contributed by atoms with E-state index >= 15 is 0 Å². The molecule has 134 valence electrons. The number of hydrogen-bond donors (Lipinski definition) is 2. The molecule has 1 aromatic heterocycles. The summed E-state index contributed by atoms with van der Waals surface area (Å²) in [5, 5.41) is 15.1. The van der Waals surface area contributed by atoms with Gasteiger partial charge in [-0.25, -0.2) is 0 Å². The summed E-state index contributed by atoms with van der Waals surface area (Å²) in [5.74, 6) is 1.77. The van der Waals surface area contributed by atoms with Gasteiger partial charge in [-0.2, -0.15) is 10.1 Å². The average molecular weight is 390 g/mol. The molecule has 0 aliphatic heterocycles. The molecule has 0 radical (unpaired) electrons. The van der Waals surface area contributed by atoms with Crippen molar-refractivity contribution in [2.24, 2.45) is 0 Å². The van der Waals surface area contributed by atoms with Crippen LogP contribution in [-0.2, 0) is 6.42 Å². The smallest absolute Gasteiger partial charge is 0.249 e. The lowest BCUT2D eigenvalue weighted by Crippen LogP contribution is -2.09. The Balaban J connectivity index is 1.64. The van der Waals surface area contributed by atoms with Crippen LogP contribution in [0, 0.1) is 0 Å². The Morgan fingerprint density at radius 1 is 1.04 bits per heavy atom. The Hall–Kier alpha value is -2.57. The van der Waals surface area contributed by atoms with Crippen molar-refractivity contribution >= 4 is 40.7 Å². The Kier molecular flexibility index (Phi) is 6.09. The Bertz CT molecular complexity index is 871. The number of aromatic nitrogens is 3. The molecule has 0 spiro atoms. The molecule has 1 heterocycles. The summed E-state index contributed by atoms with van der Waals surface area (Å²) in [7, 11) is 1.67. The van der Waals surface area contributed by atoms with Crippen molar-refractivity contribution in [2.75, 3.05) is 24.3 Å². The zero-order chi connectivity index (χ0) is 18.4. The maximum Gasteiger partial charge on any atom is 0.249 e. The van der Waals surface area contributed by atoms with Gasteiger partial charge in [-0.1, -0.05) is 47.5 Å². The fourth-order valence-corrected chi connectivity index (χ4v) is 2.90. The third-order valence-electron chi connectivity index (χ3n) is 3.65. The van der Waals surface area contributed by atoms with E-state index in [4.69, 9.17) is 27.9 Å². The quantitative estimate of drug-likeness (QED) is 0.615. The SMILES string of the molecule is COc1ccccc1CCNc1cnnc(Nc2c(Cl)cccc2Cl)n1. The predicted octanol–water partition coefficient (Wildman–Crippen LogP) is 4.59. The van der Waals surface area contributed by atoms with Crippen LogP contribution in [-0.4, -0.2) is 28.8 Å². The molecule has 0 saturated carbocycles. The van der Waals surface area contributed by atoms with Crippen molar-refractivity contribution in [1.29, 1.82) is 0 Å². The van der Waals surface area contributed by atoms with Gasteiger partial charge in [-0.05, 0) is 30.2 Å². The largest absolute Gasteiger partial charge is 0.496 e. The number of nitrogens with one attached hydrogen (secondary N) is 2. The van der Waals surface area contributed by atoms with Crippen LogP contribution in [0.25, 0.3) is 0 Å². The second-order valence-electron chi connectivity index (χ2n) is 5.38. The van der Waals surface area contributed by atoms with Gasteiger partial charge in [0.15, 0.2) is 5.82 Å². The van der Waals surface area contributed by atoms with Crippen LogP contribution < -0.4 is 15.4 Å². The summed E-state index contributed by atoms with van der Waals surface area (Å²) in [6.07, 6.45) is 2.34. The van der Waals surface area contributed by atoms with Crippen LogP contribution in [0.15, 0.2) is 48.7 Å².